The van der Waals surface area contributed by atoms with Gasteiger partial charge in [0.1, 0.15) is 0 Å². The Kier molecular flexibility index (Phi) is 4.14. The van der Waals surface area contributed by atoms with E-state index in [1.807, 2.05) is 0 Å². The summed E-state index contributed by atoms with van der Waals surface area (Å²) in [6, 6.07) is 6.61. The standard InChI is InChI=1S/C9H10INO4S/c1-6(9(12)13)16(14,15)11-8-4-2-7(10)3-5-8/h2-6,11H,1H3,(H,12,13). The van der Waals surface area contributed by atoms with Gasteiger partial charge in [0.05, 0.1) is 0 Å². The average Bonchev–Trinajstić information content (AvgIpc) is 2.20. The second kappa shape index (κ2) is 5.00. The predicted molar refractivity (Wildman–Crippen MR) is 68.8 cm³/mol. The molecule has 2 N–H and O–H groups in total. The molecule has 0 aliphatic rings. The zero-order valence-corrected chi connectivity index (χ0v) is 11.3. The molecule has 1 atom stereocenters. The first-order valence-corrected chi connectivity index (χ1v) is 6.95. The molecule has 0 amide bonds. The van der Waals surface area contributed by atoms with Gasteiger partial charge in [-0.2, -0.15) is 0 Å². The van der Waals surface area contributed by atoms with Crippen LogP contribution in [0.5, 0.6) is 0 Å². The SMILES string of the molecule is CC(C(=O)O)S(=O)(=O)Nc1ccc(I)cc1. The number of rotatable bonds is 4. The lowest BCUT2D eigenvalue weighted by Gasteiger charge is -2.10. The maximum Gasteiger partial charge on any atom is 0.323 e. The highest BCUT2D eigenvalue weighted by Crippen LogP contribution is 2.14. The number of carbonyl (C=O) groups is 1. The van der Waals surface area contributed by atoms with Crippen molar-refractivity contribution in [3.63, 3.8) is 0 Å². The van der Waals surface area contributed by atoms with Gasteiger partial charge in [0.25, 0.3) is 0 Å². The van der Waals surface area contributed by atoms with Crippen molar-refractivity contribution in [2.75, 3.05) is 4.72 Å². The Morgan fingerprint density at radius 1 is 1.38 bits per heavy atom. The van der Waals surface area contributed by atoms with Crippen molar-refractivity contribution in [3.05, 3.63) is 27.8 Å². The monoisotopic (exact) mass is 355 g/mol. The maximum absolute atomic E-state index is 11.5. The lowest BCUT2D eigenvalue weighted by molar-refractivity contribution is -0.136. The number of halogens is 1. The molecular formula is C9H10INO4S. The third kappa shape index (κ3) is 3.34. The van der Waals surface area contributed by atoms with Gasteiger partial charge < -0.3 is 5.11 Å². The highest BCUT2D eigenvalue weighted by molar-refractivity contribution is 14.1. The summed E-state index contributed by atoms with van der Waals surface area (Å²) in [7, 11) is -3.88. The number of nitrogens with one attached hydrogen (secondary N) is 1. The molecule has 1 aromatic carbocycles. The first kappa shape index (κ1) is 13.2. The molecule has 7 heteroatoms. The average molecular weight is 355 g/mol. The summed E-state index contributed by atoms with van der Waals surface area (Å²) >= 11 is 2.09. The third-order valence-electron chi connectivity index (χ3n) is 1.92. The largest absolute Gasteiger partial charge is 0.480 e. The molecule has 1 rings (SSSR count). The fourth-order valence-corrected chi connectivity index (χ4v) is 2.17. The van der Waals surface area contributed by atoms with E-state index >= 15 is 0 Å². The van der Waals surface area contributed by atoms with E-state index in [0.717, 1.165) is 10.5 Å². The van der Waals surface area contributed by atoms with Crippen LogP contribution in [0, 0.1) is 3.57 Å². The summed E-state index contributed by atoms with van der Waals surface area (Å²) in [6.45, 7) is 1.12. The van der Waals surface area contributed by atoms with Crippen molar-refractivity contribution in [1.82, 2.24) is 0 Å². The van der Waals surface area contributed by atoms with Gasteiger partial charge in [-0.3, -0.25) is 9.52 Å². The lowest BCUT2D eigenvalue weighted by Crippen LogP contribution is -2.32. The molecule has 0 spiro atoms. The van der Waals surface area contributed by atoms with Crippen molar-refractivity contribution >= 4 is 44.3 Å². The van der Waals surface area contributed by atoms with Crippen LogP contribution in [0.3, 0.4) is 0 Å². The molecule has 0 aliphatic carbocycles. The van der Waals surface area contributed by atoms with Crippen LogP contribution in [0.25, 0.3) is 0 Å². The van der Waals surface area contributed by atoms with Gasteiger partial charge in [-0.1, -0.05) is 0 Å². The highest BCUT2D eigenvalue weighted by atomic mass is 127. The van der Waals surface area contributed by atoms with Gasteiger partial charge in [0.2, 0.25) is 10.0 Å². The second-order valence-corrected chi connectivity index (χ2v) is 6.38. The fraction of sp³-hybridized carbons (Fsp3) is 0.222. The van der Waals surface area contributed by atoms with Gasteiger partial charge >= 0.3 is 5.97 Å². The molecule has 5 nitrogen and oxygen atoms in total. The quantitative estimate of drug-likeness (QED) is 0.802. The Bertz CT molecular complexity index is 483. The van der Waals surface area contributed by atoms with E-state index in [1.54, 1.807) is 24.3 Å². The Morgan fingerprint density at radius 2 is 1.88 bits per heavy atom. The third-order valence-corrected chi connectivity index (χ3v) is 4.29. The first-order chi connectivity index (χ1) is 7.33. The van der Waals surface area contributed by atoms with Gasteiger partial charge in [-0.15, -0.1) is 0 Å². The molecule has 16 heavy (non-hydrogen) atoms. The summed E-state index contributed by atoms with van der Waals surface area (Å²) < 4.78 is 26.2. The highest BCUT2D eigenvalue weighted by Gasteiger charge is 2.27. The normalized spacial score (nSPS) is 13.1. The molecule has 0 bridgehead atoms. The van der Waals surface area contributed by atoms with Gasteiger partial charge in [0, 0.05) is 9.26 Å². The molecule has 0 saturated carbocycles. The lowest BCUT2D eigenvalue weighted by atomic mass is 10.3. The Balaban J connectivity index is 2.89. The van der Waals surface area contributed by atoms with Crippen LogP contribution in [0.2, 0.25) is 0 Å². The Labute approximate surface area is 107 Å². The molecule has 0 saturated heterocycles. The molecule has 1 aromatic rings. The van der Waals surface area contributed by atoms with Crippen LogP contribution in [0.1, 0.15) is 6.92 Å². The molecule has 0 fully saturated rings. The van der Waals surface area contributed by atoms with Crippen molar-refractivity contribution in [2.45, 2.75) is 12.2 Å². The number of carboxylic acids is 1. The number of sulfonamides is 1. The zero-order valence-electron chi connectivity index (χ0n) is 8.34. The molecule has 0 radical (unpaired) electrons. The van der Waals surface area contributed by atoms with Crippen molar-refractivity contribution < 1.29 is 18.3 Å². The molecule has 0 aliphatic heterocycles. The number of anilines is 1. The van der Waals surface area contributed by atoms with Crippen LogP contribution in [-0.4, -0.2) is 24.7 Å². The van der Waals surface area contributed by atoms with Crippen LogP contribution < -0.4 is 4.72 Å². The van der Waals surface area contributed by atoms with Crippen LogP contribution in [-0.2, 0) is 14.8 Å². The van der Waals surface area contributed by atoms with E-state index in [-0.39, 0.29) is 0 Å². The van der Waals surface area contributed by atoms with E-state index in [2.05, 4.69) is 27.3 Å². The number of benzene rings is 1. The summed E-state index contributed by atoms with van der Waals surface area (Å²) in [5.41, 5.74) is 0.355. The summed E-state index contributed by atoms with van der Waals surface area (Å²) in [6.07, 6.45) is 0. The fourth-order valence-electron chi connectivity index (χ4n) is 0.903. The number of hydrogen-bond donors (Lipinski definition) is 2. The van der Waals surface area contributed by atoms with Crippen LogP contribution in [0.4, 0.5) is 5.69 Å². The summed E-state index contributed by atoms with van der Waals surface area (Å²) in [5.74, 6) is -1.38. The minimum absolute atomic E-state index is 0.355. The van der Waals surface area contributed by atoms with E-state index in [1.165, 1.54) is 0 Å². The predicted octanol–water partition coefficient (Wildman–Crippen LogP) is 1.51. The van der Waals surface area contributed by atoms with Crippen LogP contribution >= 0.6 is 22.6 Å². The molecule has 0 heterocycles. The van der Waals surface area contributed by atoms with E-state index < -0.39 is 21.2 Å². The number of hydrogen-bond acceptors (Lipinski definition) is 3. The first-order valence-electron chi connectivity index (χ1n) is 4.33. The number of carboxylic acid groups (broad SMARTS) is 1. The van der Waals surface area contributed by atoms with E-state index in [4.69, 9.17) is 5.11 Å². The van der Waals surface area contributed by atoms with E-state index in [0.29, 0.717) is 5.69 Å². The van der Waals surface area contributed by atoms with Gasteiger partial charge in [-0.25, -0.2) is 8.42 Å². The van der Waals surface area contributed by atoms with Crippen molar-refractivity contribution in [1.29, 1.82) is 0 Å². The molecule has 88 valence electrons. The maximum atomic E-state index is 11.5. The minimum Gasteiger partial charge on any atom is -0.480 e. The summed E-state index contributed by atoms with van der Waals surface area (Å²) in [4.78, 5) is 10.6. The van der Waals surface area contributed by atoms with E-state index in [9.17, 15) is 13.2 Å². The van der Waals surface area contributed by atoms with Crippen LogP contribution in [0.15, 0.2) is 24.3 Å². The molecular weight excluding hydrogens is 345 g/mol. The van der Waals surface area contributed by atoms with Crippen molar-refractivity contribution in [3.8, 4) is 0 Å². The minimum atomic E-state index is -3.88. The summed E-state index contributed by atoms with van der Waals surface area (Å²) in [5, 5.41) is 7.14. The van der Waals surface area contributed by atoms with Gasteiger partial charge in [-0.05, 0) is 53.8 Å². The van der Waals surface area contributed by atoms with Crippen molar-refractivity contribution in [2.24, 2.45) is 0 Å². The zero-order chi connectivity index (χ0) is 12.3. The smallest absolute Gasteiger partial charge is 0.323 e. The molecule has 1 unspecified atom stereocenters. The Hall–Kier alpha value is -0.830. The van der Waals surface area contributed by atoms with Gasteiger partial charge in [0.15, 0.2) is 5.25 Å². The topological polar surface area (TPSA) is 83.5 Å². The molecule has 0 aromatic heterocycles. The Morgan fingerprint density at radius 3 is 2.31 bits per heavy atom. The number of aliphatic carboxylic acids is 1. The second-order valence-electron chi connectivity index (χ2n) is 3.13.